The normalized spacial score (nSPS) is 11.6. The summed E-state index contributed by atoms with van der Waals surface area (Å²) >= 11 is 0. The minimum absolute atomic E-state index is 0.469. The third-order valence-corrected chi connectivity index (χ3v) is 2.88. The monoisotopic (exact) mass is 270 g/mol. The van der Waals surface area contributed by atoms with Crippen molar-refractivity contribution in [2.24, 2.45) is 5.73 Å². The first-order valence-corrected chi connectivity index (χ1v) is 6.02. The largest absolute Gasteiger partial charge is 0.479 e. The van der Waals surface area contributed by atoms with Crippen molar-refractivity contribution in [2.45, 2.75) is 6.04 Å². The van der Waals surface area contributed by atoms with Gasteiger partial charge in [-0.1, -0.05) is 54.6 Å². The van der Waals surface area contributed by atoms with Crippen molar-refractivity contribution in [1.29, 1.82) is 0 Å². The summed E-state index contributed by atoms with van der Waals surface area (Å²) in [5.74, 6) is -1.16. The zero-order valence-corrected chi connectivity index (χ0v) is 10.6. The van der Waals surface area contributed by atoms with Gasteiger partial charge >= 0.3 is 12.0 Å². The summed E-state index contributed by atoms with van der Waals surface area (Å²) in [6, 6.07) is 14.6. The average Bonchev–Trinajstić information content (AvgIpc) is 2.45. The Bertz CT molecular complexity index is 609. The Morgan fingerprint density at radius 2 is 1.50 bits per heavy atom. The van der Waals surface area contributed by atoms with Crippen LogP contribution in [0, 0.1) is 0 Å². The molecule has 0 aromatic heterocycles. The molecule has 1 unspecified atom stereocenters. The van der Waals surface area contributed by atoms with Crippen molar-refractivity contribution in [3.63, 3.8) is 0 Å². The Balaban J connectivity index is 2.27. The van der Waals surface area contributed by atoms with Crippen LogP contribution in [-0.2, 0) is 4.79 Å². The molecule has 0 aliphatic carbocycles. The van der Waals surface area contributed by atoms with Crippen LogP contribution in [-0.4, -0.2) is 17.1 Å². The van der Waals surface area contributed by atoms with Crippen LogP contribution in [0.3, 0.4) is 0 Å². The minimum atomic E-state index is -1.16. The molecular formula is C15H14N2O3. The Morgan fingerprint density at radius 1 is 0.950 bits per heavy atom. The van der Waals surface area contributed by atoms with Gasteiger partial charge in [-0.25, -0.2) is 9.59 Å². The van der Waals surface area contributed by atoms with E-state index in [1.54, 1.807) is 12.1 Å². The predicted molar refractivity (Wildman–Crippen MR) is 75.0 cm³/mol. The van der Waals surface area contributed by atoms with Crippen LogP contribution in [0.15, 0.2) is 54.6 Å². The lowest BCUT2D eigenvalue weighted by atomic mass is 10.0. The summed E-state index contributed by atoms with van der Waals surface area (Å²) in [7, 11) is 0. The predicted octanol–water partition coefficient (Wildman–Crippen LogP) is 2.15. The first-order valence-electron chi connectivity index (χ1n) is 6.02. The van der Waals surface area contributed by atoms with E-state index in [-0.39, 0.29) is 0 Å². The number of amides is 2. The molecule has 5 heteroatoms. The molecule has 102 valence electrons. The van der Waals surface area contributed by atoms with Crippen LogP contribution in [0.25, 0.3) is 11.1 Å². The van der Waals surface area contributed by atoms with Crippen LogP contribution < -0.4 is 11.1 Å². The summed E-state index contributed by atoms with van der Waals surface area (Å²) in [5, 5.41) is 11.3. The lowest BCUT2D eigenvalue weighted by Crippen LogP contribution is -2.37. The van der Waals surface area contributed by atoms with Gasteiger partial charge in [0.2, 0.25) is 0 Å². The molecule has 0 fully saturated rings. The fraction of sp³-hybridized carbons (Fsp3) is 0.0667. The maximum Gasteiger partial charge on any atom is 0.330 e. The lowest BCUT2D eigenvalue weighted by molar-refractivity contribution is -0.139. The van der Waals surface area contributed by atoms with E-state index in [1.165, 1.54) is 0 Å². The number of benzene rings is 2. The zero-order valence-electron chi connectivity index (χ0n) is 10.6. The number of nitrogens with two attached hydrogens (primary N) is 1. The Morgan fingerprint density at radius 3 is 2.00 bits per heavy atom. The fourth-order valence-corrected chi connectivity index (χ4v) is 1.93. The van der Waals surface area contributed by atoms with Gasteiger partial charge in [-0.2, -0.15) is 0 Å². The van der Waals surface area contributed by atoms with Crippen molar-refractivity contribution in [1.82, 2.24) is 5.32 Å². The summed E-state index contributed by atoms with van der Waals surface area (Å²) < 4.78 is 0. The van der Waals surface area contributed by atoms with Gasteiger partial charge in [-0.05, 0) is 16.7 Å². The maximum absolute atomic E-state index is 11.1. The van der Waals surface area contributed by atoms with Gasteiger partial charge in [0.05, 0.1) is 0 Å². The molecule has 2 aromatic carbocycles. The second-order valence-electron chi connectivity index (χ2n) is 4.27. The van der Waals surface area contributed by atoms with E-state index in [1.807, 2.05) is 42.5 Å². The molecule has 0 aliphatic heterocycles. The van der Waals surface area contributed by atoms with Crippen molar-refractivity contribution < 1.29 is 14.7 Å². The maximum atomic E-state index is 11.1. The van der Waals surface area contributed by atoms with Gasteiger partial charge in [0.25, 0.3) is 0 Å². The Labute approximate surface area is 116 Å². The van der Waals surface area contributed by atoms with Gasteiger partial charge in [0.15, 0.2) is 6.04 Å². The number of primary amides is 1. The molecule has 20 heavy (non-hydrogen) atoms. The highest BCUT2D eigenvalue weighted by molar-refractivity contribution is 5.83. The summed E-state index contributed by atoms with van der Waals surface area (Å²) in [6.07, 6.45) is 0. The molecule has 0 radical (unpaired) electrons. The van der Waals surface area contributed by atoms with Gasteiger partial charge < -0.3 is 16.2 Å². The number of carboxylic acid groups (broad SMARTS) is 1. The Kier molecular flexibility index (Phi) is 4.00. The van der Waals surface area contributed by atoms with E-state index < -0.39 is 18.0 Å². The molecule has 0 saturated carbocycles. The number of hydrogen-bond donors (Lipinski definition) is 3. The van der Waals surface area contributed by atoms with Gasteiger partial charge in [-0.15, -0.1) is 0 Å². The summed E-state index contributed by atoms with van der Waals surface area (Å²) in [4.78, 5) is 21.9. The van der Waals surface area contributed by atoms with E-state index in [0.717, 1.165) is 11.1 Å². The second kappa shape index (κ2) is 5.88. The number of hydrogen-bond acceptors (Lipinski definition) is 2. The molecule has 0 heterocycles. The number of carbonyl (C=O) groups excluding carboxylic acids is 1. The van der Waals surface area contributed by atoms with E-state index in [2.05, 4.69) is 5.32 Å². The first kappa shape index (κ1) is 13.6. The summed E-state index contributed by atoms with van der Waals surface area (Å²) in [5.41, 5.74) is 7.45. The molecule has 0 bridgehead atoms. The number of carboxylic acids is 1. The van der Waals surface area contributed by atoms with Crippen molar-refractivity contribution in [3.8, 4) is 11.1 Å². The van der Waals surface area contributed by atoms with E-state index in [0.29, 0.717) is 5.56 Å². The van der Waals surface area contributed by atoms with Crippen molar-refractivity contribution in [3.05, 3.63) is 60.2 Å². The standard InChI is InChI=1S/C15H14N2O3/c16-15(20)17-13(14(18)19)12-8-6-11(7-9-12)10-4-2-1-3-5-10/h1-9,13H,(H,18,19)(H3,16,17,20). The second-order valence-corrected chi connectivity index (χ2v) is 4.27. The molecule has 2 amide bonds. The first-order chi connectivity index (χ1) is 9.58. The Hall–Kier alpha value is -2.82. The van der Waals surface area contributed by atoms with E-state index in [9.17, 15) is 9.59 Å². The fourth-order valence-electron chi connectivity index (χ4n) is 1.93. The van der Waals surface area contributed by atoms with Gasteiger partial charge in [0.1, 0.15) is 0 Å². The highest BCUT2D eigenvalue weighted by Crippen LogP contribution is 2.22. The van der Waals surface area contributed by atoms with Crippen LogP contribution >= 0.6 is 0 Å². The van der Waals surface area contributed by atoms with E-state index >= 15 is 0 Å². The molecule has 4 N–H and O–H groups in total. The van der Waals surface area contributed by atoms with Crippen LogP contribution in [0.1, 0.15) is 11.6 Å². The van der Waals surface area contributed by atoms with Crippen LogP contribution in [0.2, 0.25) is 0 Å². The molecule has 2 rings (SSSR count). The van der Waals surface area contributed by atoms with Crippen molar-refractivity contribution in [2.75, 3.05) is 0 Å². The third-order valence-electron chi connectivity index (χ3n) is 2.88. The SMILES string of the molecule is NC(=O)NC(C(=O)O)c1ccc(-c2ccccc2)cc1. The molecular weight excluding hydrogens is 256 g/mol. The summed E-state index contributed by atoms with van der Waals surface area (Å²) in [6.45, 7) is 0. The minimum Gasteiger partial charge on any atom is -0.479 e. The number of rotatable bonds is 4. The highest BCUT2D eigenvalue weighted by Gasteiger charge is 2.20. The topological polar surface area (TPSA) is 92.4 Å². The molecule has 5 nitrogen and oxygen atoms in total. The molecule has 2 aromatic rings. The van der Waals surface area contributed by atoms with Crippen molar-refractivity contribution >= 4 is 12.0 Å². The van der Waals surface area contributed by atoms with Gasteiger partial charge in [-0.3, -0.25) is 0 Å². The number of aliphatic carboxylic acids is 1. The number of nitrogens with one attached hydrogen (secondary N) is 1. The molecule has 0 aliphatic rings. The average molecular weight is 270 g/mol. The van der Waals surface area contributed by atoms with Crippen LogP contribution in [0.4, 0.5) is 4.79 Å². The molecule has 1 atom stereocenters. The van der Waals surface area contributed by atoms with Crippen LogP contribution in [0.5, 0.6) is 0 Å². The lowest BCUT2D eigenvalue weighted by Gasteiger charge is -2.13. The highest BCUT2D eigenvalue weighted by atomic mass is 16.4. The third kappa shape index (κ3) is 3.14. The zero-order chi connectivity index (χ0) is 14.5. The van der Waals surface area contributed by atoms with E-state index in [4.69, 9.17) is 10.8 Å². The quantitative estimate of drug-likeness (QED) is 0.794. The molecule has 0 saturated heterocycles. The smallest absolute Gasteiger partial charge is 0.330 e. The number of urea groups is 1. The molecule has 0 spiro atoms. The number of carbonyl (C=O) groups is 2. The van der Waals surface area contributed by atoms with Gasteiger partial charge in [0, 0.05) is 0 Å².